The van der Waals surface area contributed by atoms with Crippen molar-refractivity contribution in [3.63, 3.8) is 0 Å². The summed E-state index contributed by atoms with van der Waals surface area (Å²) in [6.45, 7) is 5.41. The first-order chi connectivity index (χ1) is 15.3. The van der Waals surface area contributed by atoms with Gasteiger partial charge < -0.3 is 15.5 Å². The van der Waals surface area contributed by atoms with E-state index in [1.807, 2.05) is 56.3 Å². The molecule has 1 aliphatic rings. The van der Waals surface area contributed by atoms with Gasteiger partial charge in [0.15, 0.2) is 0 Å². The van der Waals surface area contributed by atoms with Crippen LogP contribution < -0.4 is 15.5 Å². The molecule has 0 saturated carbocycles. The summed E-state index contributed by atoms with van der Waals surface area (Å²) < 4.78 is 0. The lowest BCUT2D eigenvalue weighted by Gasteiger charge is -2.27. The zero-order valence-corrected chi connectivity index (χ0v) is 18.8. The maximum atomic E-state index is 13.2. The number of carbonyl (C=O) groups is 3. The first-order valence-corrected chi connectivity index (χ1v) is 11.1. The summed E-state index contributed by atoms with van der Waals surface area (Å²) in [5.74, 6) is -0.451. The van der Waals surface area contributed by atoms with Gasteiger partial charge in [-0.05, 0) is 68.4 Å². The van der Waals surface area contributed by atoms with E-state index in [0.29, 0.717) is 22.5 Å². The minimum atomic E-state index is -0.255. The Balaban J connectivity index is 1.62. The lowest BCUT2D eigenvalue weighted by atomic mass is 10.1. The number of hydrogen-bond acceptors (Lipinski definition) is 4. The predicted octanol–water partition coefficient (Wildman–Crippen LogP) is 5.42. The van der Waals surface area contributed by atoms with Gasteiger partial charge in [-0.15, -0.1) is 0 Å². The normalized spacial score (nSPS) is 12.6. The summed E-state index contributed by atoms with van der Waals surface area (Å²) in [7, 11) is 0. The van der Waals surface area contributed by atoms with Crippen LogP contribution in [0.2, 0.25) is 0 Å². The van der Waals surface area contributed by atoms with Crippen molar-refractivity contribution in [1.29, 1.82) is 0 Å². The van der Waals surface area contributed by atoms with Crippen LogP contribution in [0.4, 0.5) is 17.1 Å². The van der Waals surface area contributed by atoms with Crippen molar-refractivity contribution in [3.8, 4) is 0 Å². The smallest absolute Gasteiger partial charge is 0.259 e. The number of nitrogens with one attached hydrogen (secondary N) is 2. The highest BCUT2D eigenvalue weighted by Crippen LogP contribution is 2.43. The number of rotatable bonds is 4. The fraction of sp³-hybridized carbons (Fsp3) is 0.160. The van der Waals surface area contributed by atoms with Crippen molar-refractivity contribution in [2.75, 3.05) is 15.5 Å². The van der Waals surface area contributed by atoms with Gasteiger partial charge in [0.05, 0.1) is 11.3 Å². The first-order valence-electron chi connectivity index (χ1n) is 10.3. The van der Waals surface area contributed by atoms with Crippen LogP contribution in [0.25, 0.3) is 0 Å². The average molecular weight is 446 g/mol. The third kappa shape index (κ3) is 4.38. The summed E-state index contributed by atoms with van der Waals surface area (Å²) in [5.41, 5.74) is 3.25. The van der Waals surface area contributed by atoms with Crippen molar-refractivity contribution in [3.05, 3.63) is 77.9 Å². The van der Waals surface area contributed by atoms with Crippen LogP contribution in [0.15, 0.2) is 76.5 Å². The molecular formula is C25H23N3O3S. The van der Waals surface area contributed by atoms with E-state index in [1.54, 1.807) is 29.2 Å². The molecule has 3 amide bonds. The molecule has 0 saturated heterocycles. The Hall–Kier alpha value is -3.58. The molecule has 0 spiro atoms. The number of carbonyl (C=O) groups excluding carboxylic acids is 3. The van der Waals surface area contributed by atoms with Gasteiger partial charge in [-0.25, -0.2) is 0 Å². The number of benzene rings is 3. The Morgan fingerprint density at radius 1 is 0.875 bits per heavy atom. The van der Waals surface area contributed by atoms with E-state index in [-0.39, 0.29) is 23.8 Å². The summed E-state index contributed by atoms with van der Waals surface area (Å²) >= 11 is 1.52. The zero-order valence-electron chi connectivity index (χ0n) is 18.0. The lowest BCUT2D eigenvalue weighted by Crippen LogP contribution is -2.36. The maximum Gasteiger partial charge on any atom is 0.259 e. The molecule has 1 aliphatic heterocycles. The molecule has 32 heavy (non-hydrogen) atoms. The molecule has 162 valence electrons. The largest absolute Gasteiger partial charge is 0.326 e. The van der Waals surface area contributed by atoms with Crippen molar-refractivity contribution in [2.24, 2.45) is 0 Å². The van der Waals surface area contributed by atoms with E-state index < -0.39 is 0 Å². The van der Waals surface area contributed by atoms with E-state index in [4.69, 9.17) is 0 Å². The molecule has 7 heteroatoms. The monoisotopic (exact) mass is 445 g/mol. The summed E-state index contributed by atoms with van der Waals surface area (Å²) in [4.78, 5) is 40.7. The van der Waals surface area contributed by atoms with Crippen LogP contribution in [-0.4, -0.2) is 23.8 Å². The molecule has 0 aromatic heterocycles. The third-order valence-electron chi connectivity index (χ3n) is 5.02. The minimum absolute atomic E-state index is 0.0180. The molecule has 0 unspecified atom stereocenters. The van der Waals surface area contributed by atoms with E-state index in [9.17, 15) is 14.4 Å². The van der Waals surface area contributed by atoms with Gasteiger partial charge >= 0.3 is 0 Å². The Labute approximate surface area is 191 Å². The van der Waals surface area contributed by atoms with Crippen molar-refractivity contribution < 1.29 is 14.4 Å². The molecular weight excluding hydrogens is 422 g/mol. The Bertz CT molecular complexity index is 1210. The number of nitrogens with zero attached hydrogens (tertiary/aromatic N) is 1. The highest BCUT2D eigenvalue weighted by atomic mass is 32.2. The molecule has 6 nitrogen and oxygen atoms in total. The quantitative estimate of drug-likeness (QED) is 0.562. The number of amides is 3. The third-order valence-corrected chi connectivity index (χ3v) is 6.14. The standard InChI is InChI=1S/C25H23N3O3S/c1-15(2)28-21-13-12-19(14-23(21)32-22-7-5-4-6-20(22)25(28)31)27-24(30)17-8-10-18(11-9-17)26-16(3)29/h4-15H,1-3H3,(H,26,29)(H,27,30). The molecule has 3 aromatic carbocycles. The molecule has 2 N–H and O–H groups in total. The second-order valence-corrected chi connectivity index (χ2v) is 8.85. The SMILES string of the molecule is CC(=O)Nc1ccc(C(=O)Nc2ccc3c(c2)Sc2ccccc2C(=O)N3C(C)C)cc1. The summed E-state index contributed by atoms with van der Waals surface area (Å²) in [6, 6.07) is 19.8. The Morgan fingerprint density at radius 3 is 2.25 bits per heavy atom. The molecule has 0 aliphatic carbocycles. The topological polar surface area (TPSA) is 78.5 Å². The molecule has 0 fully saturated rings. The fourth-order valence-corrected chi connectivity index (χ4v) is 4.69. The van der Waals surface area contributed by atoms with E-state index in [2.05, 4.69) is 10.6 Å². The summed E-state index contributed by atoms with van der Waals surface area (Å²) in [6.07, 6.45) is 0. The molecule has 0 radical (unpaired) electrons. The van der Waals surface area contributed by atoms with Crippen LogP contribution in [0.3, 0.4) is 0 Å². The fourth-order valence-electron chi connectivity index (χ4n) is 3.59. The molecule has 3 aromatic rings. The van der Waals surface area contributed by atoms with Crippen molar-refractivity contribution in [1.82, 2.24) is 0 Å². The van der Waals surface area contributed by atoms with Crippen LogP contribution in [-0.2, 0) is 4.79 Å². The van der Waals surface area contributed by atoms with Crippen LogP contribution >= 0.6 is 11.8 Å². The van der Waals surface area contributed by atoms with Crippen LogP contribution in [0, 0.1) is 0 Å². The predicted molar refractivity (Wildman–Crippen MR) is 128 cm³/mol. The second-order valence-electron chi connectivity index (χ2n) is 7.76. The highest BCUT2D eigenvalue weighted by Gasteiger charge is 2.29. The molecule has 4 rings (SSSR count). The Morgan fingerprint density at radius 2 is 1.56 bits per heavy atom. The highest BCUT2D eigenvalue weighted by molar-refractivity contribution is 7.99. The van der Waals surface area contributed by atoms with Crippen molar-refractivity contribution >= 4 is 46.5 Å². The minimum Gasteiger partial charge on any atom is -0.326 e. The maximum absolute atomic E-state index is 13.2. The zero-order chi connectivity index (χ0) is 22.8. The van der Waals surface area contributed by atoms with E-state index in [0.717, 1.165) is 15.5 Å². The van der Waals surface area contributed by atoms with Gasteiger partial charge in [0.2, 0.25) is 5.91 Å². The van der Waals surface area contributed by atoms with Gasteiger partial charge in [0.25, 0.3) is 11.8 Å². The Kier molecular flexibility index (Phi) is 6.01. The second kappa shape index (κ2) is 8.88. The molecule has 1 heterocycles. The van der Waals surface area contributed by atoms with Gasteiger partial charge in [0, 0.05) is 39.7 Å². The summed E-state index contributed by atoms with van der Waals surface area (Å²) in [5, 5.41) is 5.61. The van der Waals surface area contributed by atoms with Gasteiger partial charge in [-0.1, -0.05) is 23.9 Å². The first kappa shape index (κ1) is 21.6. The number of anilines is 3. The van der Waals surface area contributed by atoms with Crippen molar-refractivity contribution in [2.45, 2.75) is 36.6 Å². The lowest BCUT2D eigenvalue weighted by molar-refractivity contribution is -0.114. The average Bonchev–Trinajstić information content (AvgIpc) is 2.87. The van der Waals surface area contributed by atoms with Crippen LogP contribution in [0.5, 0.6) is 0 Å². The van der Waals surface area contributed by atoms with Crippen LogP contribution in [0.1, 0.15) is 41.5 Å². The number of fused-ring (bicyclic) bond motifs is 2. The van der Waals surface area contributed by atoms with Gasteiger partial charge in [-0.3, -0.25) is 14.4 Å². The van der Waals surface area contributed by atoms with Gasteiger partial charge in [-0.2, -0.15) is 0 Å². The molecule has 0 bridgehead atoms. The van der Waals surface area contributed by atoms with E-state index >= 15 is 0 Å². The molecule has 0 atom stereocenters. The van der Waals surface area contributed by atoms with Gasteiger partial charge in [0.1, 0.15) is 0 Å². The van der Waals surface area contributed by atoms with E-state index in [1.165, 1.54) is 18.7 Å². The number of hydrogen-bond donors (Lipinski definition) is 2.